The third kappa shape index (κ3) is 4.66. The van der Waals surface area contributed by atoms with Gasteiger partial charge in [0.1, 0.15) is 5.76 Å². The van der Waals surface area contributed by atoms with E-state index in [0.29, 0.717) is 17.2 Å². The number of carbonyl (C=O) groups is 2. The molecule has 3 aromatic rings. The number of carbonyl (C=O) groups excluding carboxylic acids is 2. The number of benzene rings is 3. The second kappa shape index (κ2) is 9.18. The van der Waals surface area contributed by atoms with E-state index < -0.39 is 17.7 Å². The van der Waals surface area contributed by atoms with Crippen molar-refractivity contribution in [3.8, 4) is 0 Å². The topological polar surface area (TPSA) is 57.6 Å². The SMILES string of the molecule is Cc1ccc(/C(O)=C2/C(=O)C(=O)N(c3ccc(C(C)C)cc3)C2c2ccc(C(C)(C)C)cc2)cc1. The summed E-state index contributed by atoms with van der Waals surface area (Å²) in [4.78, 5) is 28.2. The molecule has 4 nitrogen and oxygen atoms in total. The van der Waals surface area contributed by atoms with Gasteiger partial charge in [0.2, 0.25) is 0 Å². The summed E-state index contributed by atoms with van der Waals surface area (Å²) in [5.41, 5.74) is 5.34. The lowest BCUT2D eigenvalue weighted by molar-refractivity contribution is -0.132. The van der Waals surface area contributed by atoms with Gasteiger partial charge in [-0.1, -0.05) is 101 Å². The van der Waals surface area contributed by atoms with Crippen LogP contribution in [-0.4, -0.2) is 16.8 Å². The first-order valence-corrected chi connectivity index (χ1v) is 12.1. The van der Waals surface area contributed by atoms with Gasteiger partial charge < -0.3 is 5.11 Å². The largest absolute Gasteiger partial charge is 0.507 e. The molecule has 4 rings (SSSR count). The average molecular weight is 468 g/mol. The molecule has 1 unspecified atom stereocenters. The zero-order valence-electron chi connectivity index (χ0n) is 21.3. The number of hydrogen-bond acceptors (Lipinski definition) is 3. The minimum absolute atomic E-state index is 0.0328. The predicted octanol–water partition coefficient (Wildman–Crippen LogP) is 7.04. The molecule has 0 saturated carbocycles. The number of aliphatic hydroxyl groups excluding tert-OH is 1. The predicted molar refractivity (Wildman–Crippen MR) is 142 cm³/mol. The highest BCUT2D eigenvalue weighted by molar-refractivity contribution is 6.51. The Bertz CT molecular complexity index is 1280. The van der Waals surface area contributed by atoms with Crippen LogP contribution in [0.4, 0.5) is 5.69 Å². The van der Waals surface area contributed by atoms with Crippen molar-refractivity contribution >= 4 is 23.1 Å². The van der Waals surface area contributed by atoms with Crippen LogP contribution in [0.1, 0.15) is 74.4 Å². The molecule has 1 heterocycles. The van der Waals surface area contributed by atoms with Gasteiger partial charge in [0.25, 0.3) is 11.7 Å². The second-order valence-electron chi connectivity index (χ2n) is 10.7. The number of hydrogen-bond donors (Lipinski definition) is 1. The van der Waals surface area contributed by atoms with Crippen molar-refractivity contribution in [2.45, 2.75) is 58.9 Å². The van der Waals surface area contributed by atoms with Crippen molar-refractivity contribution in [1.29, 1.82) is 0 Å². The van der Waals surface area contributed by atoms with E-state index in [1.165, 1.54) is 4.90 Å². The average Bonchev–Trinajstić information content (AvgIpc) is 3.09. The molecule has 0 spiro atoms. The number of aryl methyl sites for hydroxylation is 1. The van der Waals surface area contributed by atoms with Gasteiger partial charge in [-0.3, -0.25) is 14.5 Å². The number of amides is 1. The van der Waals surface area contributed by atoms with Crippen LogP contribution in [-0.2, 0) is 15.0 Å². The zero-order valence-corrected chi connectivity index (χ0v) is 21.3. The number of ketones is 1. The number of rotatable bonds is 4. The first-order valence-electron chi connectivity index (χ1n) is 12.1. The molecule has 35 heavy (non-hydrogen) atoms. The summed E-state index contributed by atoms with van der Waals surface area (Å²) >= 11 is 0. The van der Waals surface area contributed by atoms with Gasteiger partial charge in [0.05, 0.1) is 11.6 Å². The maximum atomic E-state index is 13.4. The molecule has 1 fully saturated rings. The van der Waals surface area contributed by atoms with Gasteiger partial charge in [-0.15, -0.1) is 0 Å². The Morgan fingerprint density at radius 3 is 1.94 bits per heavy atom. The lowest BCUT2D eigenvalue weighted by Crippen LogP contribution is -2.29. The minimum atomic E-state index is -0.727. The van der Waals surface area contributed by atoms with E-state index >= 15 is 0 Å². The van der Waals surface area contributed by atoms with Crippen LogP contribution in [0.3, 0.4) is 0 Å². The molecule has 4 heteroatoms. The number of Topliss-reactive ketones (excluding diaryl/α,β-unsaturated/α-hetero) is 1. The highest BCUT2D eigenvalue weighted by Gasteiger charge is 2.47. The molecule has 180 valence electrons. The molecule has 0 bridgehead atoms. The van der Waals surface area contributed by atoms with Crippen molar-refractivity contribution in [2.24, 2.45) is 0 Å². The molecule has 1 aliphatic rings. The van der Waals surface area contributed by atoms with E-state index in [1.807, 2.05) is 67.6 Å². The van der Waals surface area contributed by atoms with Crippen molar-refractivity contribution in [1.82, 2.24) is 0 Å². The summed E-state index contributed by atoms with van der Waals surface area (Å²) in [5.74, 6) is -1.13. The van der Waals surface area contributed by atoms with Crippen LogP contribution in [0.2, 0.25) is 0 Å². The van der Waals surface area contributed by atoms with Crippen LogP contribution in [0.25, 0.3) is 5.76 Å². The van der Waals surface area contributed by atoms with Crippen molar-refractivity contribution < 1.29 is 14.7 Å². The minimum Gasteiger partial charge on any atom is -0.507 e. The Balaban J connectivity index is 1.90. The zero-order chi connectivity index (χ0) is 25.5. The Morgan fingerprint density at radius 2 is 1.43 bits per heavy atom. The number of anilines is 1. The molecule has 1 N–H and O–H groups in total. The Labute approximate surface area is 207 Å². The van der Waals surface area contributed by atoms with Crippen LogP contribution in [0.5, 0.6) is 0 Å². The first-order chi connectivity index (χ1) is 16.5. The first kappa shape index (κ1) is 24.5. The fraction of sp³-hybridized carbons (Fsp3) is 0.290. The van der Waals surface area contributed by atoms with Crippen molar-refractivity contribution in [3.05, 3.63) is 106 Å². The van der Waals surface area contributed by atoms with Crippen LogP contribution < -0.4 is 4.90 Å². The molecule has 0 aromatic heterocycles. The molecule has 1 amide bonds. The standard InChI is InChI=1S/C31H33NO3/c1-19(2)21-13-17-25(18-14-21)32-27(22-11-15-24(16-12-22)31(4,5)6)26(29(34)30(32)35)28(33)23-9-7-20(3)8-10-23/h7-19,27,33H,1-6H3/b28-26-. The lowest BCUT2D eigenvalue weighted by atomic mass is 9.85. The normalized spacial score (nSPS) is 17.9. The maximum Gasteiger partial charge on any atom is 0.300 e. The molecular formula is C31H33NO3. The van der Waals surface area contributed by atoms with E-state index in [2.05, 4.69) is 34.6 Å². The summed E-state index contributed by atoms with van der Waals surface area (Å²) in [6.45, 7) is 12.6. The van der Waals surface area contributed by atoms with Crippen LogP contribution in [0, 0.1) is 6.92 Å². The lowest BCUT2D eigenvalue weighted by Gasteiger charge is -2.27. The highest BCUT2D eigenvalue weighted by Crippen LogP contribution is 2.42. The van der Waals surface area contributed by atoms with Gasteiger partial charge in [-0.2, -0.15) is 0 Å². The maximum absolute atomic E-state index is 13.4. The molecule has 1 atom stereocenters. The summed E-state index contributed by atoms with van der Waals surface area (Å²) in [6.07, 6.45) is 0. The van der Waals surface area contributed by atoms with Gasteiger partial charge >= 0.3 is 0 Å². The van der Waals surface area contributed by atoms with E-state index in [9.17, 15) is 14.7 Å². The summed E-state index contributed by atoms with van der Waals surface area (Å²) < 4.78 is 0. The fourth-order valence-electron chi connectivity index (χ4n) is 4.47. The molecule has 3 aromatic carbocycles. The monoisotopic (exact) mass is 467 g/mol. The molecule has 1 saturated heterocycles. The Hall–Kier alpha value is -3.66. The number of aliphatic hydroxyl groups is 1. The van der Waals surface area contributed by atoms with E-state index in [4.69, 9.17) is 0 Å². The molecular weight excluding hydrogens is 434 g/mol. The van der Waals surface area contributed by atoms with Gasteiger partial charge in [-0.25, -0.2) is 0 Å². The van der Waals surface area contributed by atoms with Crippen LogP contribution in [0.15, 0.2) is 78.4 Å². The third-order valence-corrected chi connectivity index (χ3v) is 6.70. The summed E-state index contributed by atoms with van der Waals surface area (Å²) in [7, 11) is 0. The fourth-order valence-corrected chi connectivity index (χ4v) is 4.47. The molecule has 1 aliphatic heterocycles. The highest BCUT2D eigenvalue weighted by atomic mass is 16.3. The van der Waals surface area contributed by atoms with E-state index in [1.54, 1.807) is 12.1 Å². The quantitative estimate of drug-likeness (QED) is 0.254. The van der Waals surface area contributed by atoms with Gasteiger partial charge in [-0.05, 0) is 47.1 Å². The Kier molecular flexibility index (Phi) is 6.42. The van der Waals surface area contributed by atoms with E-state index in [0.717, 1.165) is 22.3 Å². The van der Waals surface area contributed by atoms with Crippen molar-refractivity contribution in [3.63, 3.8) is 0 Å². The van der Waals surface area contributed by atoms with Crippen molar-refractivity contribution in [2.75, 3.05) is 4.90 Å². The van der Waals surface area contributed by atoms with Gasteiger partial charge in [0.15, 0.2) is 0 Å². The second-order valence-corrected chi connectivity index (χ2v) is 10.7. The summed E-state index contributed by atoms with van der Waals surface area (Å²) in [6, 6.07) is 22.3. The van der Waals surface area contributed by atoms with Crippen LogP contribution >= 0.6 is 0 Å². The third-order valence-electron chi connectivity index (χ3n) is 6.70. The van der Waals surface area contributed by atoms with Gasteiger partial charge in [0, 0.05) is 11.3 Å². The number of nitrogens with zero attached hydrogens (tertiary/aromatic N) is 1. The Morgan fingerprint density at radius 1 is 0.857 bits per heavy atom. The smallest absolute Gasteiger partial charge is 0.300 e. The van der Waals surface area contributed by atoms with E-state index in [-0.39, 0.29) is 16.7 Å². The summed E-state index contributed by atoms with van der Waals surface area (Å²) in [5, 5.41) is 11.3. The molecule has 0 radical (unpaired) electrons. The molecule has 0 aliphatic carbocycles.